The van der Waals surface area contributed by atoms with Crippen molar-refractivity contribution < 1.29 is 0 Å². The number of rotatable bonds is 1. The van der Waals surface area contributed by atoms with Crippen molar-refractivity contribution in [1.29, 1.82) is 0 Å². The molecular weight excluding hydrogens is 112 g/mol. The topological polar surface area (TPSA) is 24.4 Å². The Labute approximate surface area is 55.4 Å². The Morgan fingerprint density at radius 1 is 1.44 bits per heavy atom. The number of aliphatic imine (C=N–C) groups is 1. The van der Waals surface area contributed by atoms with E-state index in [-0.39, 0.29) is 0 Å². The van der Waals surface area contributed by atoms with Crippen LogP contribution in [0.15, 0.2) is 4.99 Å². The van der Waals surface area contributed by atoms with E-state index in [0.29, 0.717) is 6.04 Å². The quantitative estimate of drug-likeness (QED) is 0.549. The molecule has 1 fully saturated rings. The molecule has 0 spiro atoms. The molecular formula is C7H12N2. The fourth-order valence-corrected chi connectivity index (χ4v) is 1.49. The van der Waals surface area contributed by atoms with Crippen molar-refractivity contribution in [2.24, 2.45) is 10.9 Å². The molecule has 1 atom stereocenters. The van der Waals surface area contributed by atoms with Crippen LogP contribution in [-0.2, 0) is 0 Å². The van der Waals surface area contributed by atoms with Gasteiger partial charge in [-0.1, -0.05) is 6.42 Å². The molecule has 1 unspecified atom stereocenters. The Kier molecular flexibility index (Phi) is 1.18. The Bertz CT molecular complexity index is 119. The van der Waals surface area contributed by atoms with E-state index in [0.717, 1.165) is 12.5 Å². The average molecular weight is 124 g/mol. The monoisotopic (exact) mass is 124 g/mol. The van der Waals surface area contributed by atoms with Crippen molar-refractivity contribution in [3.05, 3.63) is 0 Å². The second-order valence-electron chi connectivity index (χ2n) is 2.96. The van der Waals surface area contributed by atoms with Crippen LogP contribution < -0.4 is 5.32 Å². The van der Waals surface area contributed by atoms with Gasteiger partial charge in [-0.3, -0.25) is 4.99 Å². The summed E-state index contributed by atoms with van der Waals surface area (Å²) in [5.41, 5.74) is 0. The first-order valence-electron chi connectivity index (χ1n) is 3.71. The third kappa shape index (κ3) is 0.824. The molecule has 0 radical (unpaired) electrons. The van der Waals surface area contributed by atoms with Crippen LogP contribution >= 0.6 is 0 Å². The first kappa shape index (κ1) is 5.27. The van der Waals surface area contributed by atoms with Crippen molar-refractivity contribution in [2.75, 3.05) is 6.54 Å². The lowest BCUT2D eigenvalue weighted by Gasteiger charge is -2.30. The first-order chi connectivity index (χ1) is 4.47. The molecule has 9 heavy (non-hydrogen) atoms. The van der Waals surface area contributed by atoms with Gasteiger partial charge in [0.15, 0.2) is 0 Å². The summed E-state index contributed by atoms with van der Waals surface area (Å²) in [4.78, 5) is 4.13. The minimum absolute atomic E-state index is 0.693. The molecule has 0 saturated heterocycles. The van der Waals surface area contributed by atoms with Crippen LogP contribution in [-0.4, -0.2) is 18.9 Å². The average Bonchev–Trinajstić information content (AvgIpc) is 2.11. The van der Waals surface area contributed by atoms with Crippen molar-refractivity contribution in [3.8, 4) is 0 Å². The Hall–Kier alpha value is -0.530. The minimum atomic E-state index is 0.693. The number of hydrogen-bond acceptors (Lipinski definition) is 2. The predicted octanol–water partition coefficient (Wildman–Crippen LogP) is 0.787. The molecule has 0 aromatic rings. The van der Waals surface area contributed by atoms with E-state index >= 15 is 0 Å². The summed E-state index contributed by atoms with van der Waals surface area (Å²) >= 11 is 0. The van der Waals surface area contributed by atoms with Crippen molar-refractivity contribution >= 4 is 6.34 Å². The zero-order valence-electron chi connectivity index (χ0n) is 5.51. The molecule has 0 aromatic carbocycles. The molecule has 2 aliphatic rings. The molecule has 1 N–H and O–H groups in total. The maximum Gasteiger partial charge on any atom is 0.0827 e. The normalized spacial score (nSPS) is 34.0. The van der Waals surface area contributed by atoms with Crippen LogP contribution in [0.25, 0.3) is 0 Å². The van der Waals surface area contributed by atoms with E-state index in [2.05, 4.69) is 10.3 Å². The zero-order chi connectivity index (χ0) is 6.10. The van der Waals surface area contributed by atoms with E-state index < -0.39 is 0 Å². The molecule has 0 amide bonds. The lowest BCUT2D eigenvalue weighted by Crippen LogP contribution is -2.37. The van der Waals surface area contributed by atoms with Crippen LogP contribution in [0.3, 0.4) is 0 Å². The molecule has 1 aliphatic heterocycles. The van der Waals surface area contributed by atoms with Gasteiger partial charge in [0.25, 0.3) is 0 Å². The molecule has 1 saturated carbocycles. The SMILES string of the molecule is C1=NCC(C2CCC2)N1. The summed E-state index contributed by atoms with van der Waals surface area (Å²) in [6.07, 6.45) is 6.12. The smallest absolute Gasteiger partial charge is 0.0827 e. The molecule has 2 nitrogen and oxygen atoms in total. The van der Waals surface area contributed by atoms with Gasteiger partial charge >= 0.3 is 0 Å². The second kappa shape index (κ2) is 2.01. The van der Waals surface area contributed by atoms with Gasteiger partial charge < -0.3 is 5.32 Å². The summed E-state index contributed by atoms with van der Waals surface area (Å²) in [7, 11) is 0. The Morgan fingerprint density at radius 3 is 2.78 bits per heavy atom. The van der Waals surface area contributed by atoms with Crippen molar-refractivity contribution in [2.45, 2.75) is 25.3 Å². The number of nitrogens with zero attached hydrogens (tertiary/aromatic N) is 1. The maximum absolute atomic E-state index is 4.13. The highest BCUT2D eigenvalue weighted by atomic mass is 15.1. The van der Waals surface area contributed by atoms with Gasteiger partial charge in [0, 0.05) is 6.04 Å². The zero-order valence-corrected chi connectivity index (χ0v) is 5.51. The minimum Gasteiger partial charge on any atom is -0.372 e. The van der Waals surface area contributed by atoms with Gasteiger partial charge in [0.1, 0.15) is 0 Å². The third-order valence-corrected chi connectivity index (χ3v) is 2.40. The first-order valence-corrected chi connectivity index (χ1v) is 3.71. The van der Waals surface area contributed by atoms with E-state index in [9.17, 15) is 0 Å². The summed E-state index contributed by atoms with van der Waals surface area (Å²) < 4.78 is 0. The molecule has 1 aliphatic carbocycles. The molecule has 0 bridgehead atoms. The third-order valence-electron chi connectivity index (χ3n) is 2.40. The van der Waals surface area contributed by atoms with Gasteiger partial charge in [0.05, 0.1) is 12.9 Å². The van der Waals surface area contributed by atoms with E-state index in [1.54, 1.807) is 0 Å². The van der Waals surface area contributed by atoms with Gasteiger partial charge in [-0.2, -0.15) is 0 Å². The summed E-state index contributed by atoms with van der Waals surface area (Å²) in [5.74, 6) is 0.937. The van der Waals surface area contributed by atoms with E-state index in [1.165, 1.54) is 19.3 Å². The fourth-order valence-electron chi connectivity index (χ4n) is 1.49. The van der Waals surface area contributed by atoms with Crippen LogP contribution in [0.4, 0.5) is 0 Å². The van der Waals surface area contributed by atoms with Gasteiger partial charge in [0.2, 0.25) is 0 Å². The van der Waals surface area contributed by atoms with Crippen LogP contribution in [0.2, 0.25) is 0 Å². The molecule has 50 valence electrons. The highest BCUT2D eigenvalue weighted by molar-refractivity contribution is 5.57. The van der Waals surface area contributed by atoms with Crippen LogP contribution in [0.5, 0.6) is 0 Å². The Morgan fingerprint density at radius 2 is 2.33 bits per heavy atom. The predicted molar refractivity (Wildman–Crippen MR) is 37.6 cm³/mol. The van der Waals surface area contributed by atoms with E-state index in [1.807, 2.05) is 6.34 Å². The Balaban J connectivity index is 1.85. The molecule has 2 heteroatoms. The van der Waals surface area contributed by atoms with Crippen LogP contribution in [0.1, 0.15) is 19.3 Å². The highest BCUT2D eigenvalue weighted by Crippen LogP contribution is 2.30. The van der Waals surface area contributed by atoms with Crippen molar-refractivity contribution in [3.63, 3.8) is 0 Å². The van der Waals surface area contributed by atoms with E-state index in [4.69, 9.17) is 0 Å². The summed E-state index contributed by atoms with van der Waals surface area (Å²) in [6.45, 7) is 1.02. The standard InChI is InChI=1S/C7H12N2/c1-2-6(3-1)7-4-8-5-9-7/h5-7H,1-4H2,(H,8,9). The number of nitrogens with one attached hydrogen (secondary N) is 1. The highest BCUT2D eigenvalue weighted by Gasteiger charge is 2.27. The largest absolute Gasteiger partial charge is 0.372 e. The van der Waals surface area contributed by atoms with Gasteiger partial charge in [-0.25, -0.2) is 0 Å². The van der Waals surface area contributed by atoms with Gasteiger partial charge in [-0.05, 0) is 18.8 Å². The molecule has 2 rings (SSSR count). The van der Waals surface area contributed by atoms with Crippen molar-refractivity contribution in [1.82, 2.24) is 5.32 Å². The molecule has 1 heterocycles. The van der Waals surface area contributed by atoms with Gasteiger partial charge in [-0.15, -0.1) is 0 Å². The number of hydrogen-bond donors (Lipinski definition) is 1. The lowest BCUT2D eigenvalue weighted by molar-refractivity contribution is 0.258. The lowest BCUT2D eigenvalue weighted by atomic mass is 9.80. The maximum atomic E-state index is 4.13. The fraction of sp³-hybridized carbons (Fsp3) is 0.857. The summed E-state index contributed by atoms with van der Waals surface area (Å²) in [6, 6.07) is 0.693. The molecule has 0 aromatic heterocycles. The second-order valence-corrected chi connectivity index (χ2v) is 2.96. The summed E-state index contributed by atoms with van der Waals surface area (Å²) in [5, 5.41) is 3.27. The van der Waals surface area contributed by atoms with Crippen LogP contribution in [0, 0.1) is 5.92 Å².